The van der Waals surface area contributed by atoms with E-state index in [1.54, 1.807) is 0 Å². The van der Waals surface area contributed by atoms with Crippen LogP contribution in [0.2, 0.25) is 0 Å². The van der Waals surface area contributed by atoms with Gasteiger partial charge in [0.2, 0.25) is 11.6 Å². The summed E-state index contributed by atoms with van der Waals surface area (Å²) in [4.78, 5) is 25.3. The first-order chi connectivity index (χ1) is 7.50. The Hall–Kier alpha value is -1.10. The first kappa shape index (κ1) is 11.4. The normalized spacial score (nSPS) is 35.9. The number of nitrogens with one attached hydrogen (secondary N) is 1. The molecule has 2 amide bonds. The van der Waals surface area contributed by atoms with Gasteiger partial charge in [-0.25, -0.2) is 0 Å². The molecule has 2 fully saturated rings. The minimum Gasteiger partial charge on any atom is -0.363 e. The number of fused-ring (bicyclic) bond motifs is 1. The van der Waals surface area contributed by atoms with Crippen LogP contribution in [0, 0.1) is 5.92 Å². The summed E-state index contributed by atoms with van der Waals surface area (Å²) in [7, 11) is 0. The Morgan fingerprint density at radius 3 is 2.94 bits per heavy atom. The van der Waals surface area contributed by atoms with Gasteiger partial charge in [-0.15, -0.1) is 0 Å². The second-order valence-electron chi connectivity index (χ2n) is 4.75. The molecule has 5 nitrogen and oxygen atoms in total. The Balaban J connectivity index is 2.26. The maximum Gasteiger partial charge on any atom is 0.274 e. The van der Waals surface area contributed by atoms with Crippen molar-refractivity contribution >= 4 is 11.8 Å². The summed E-state index contributed by atoms with van der Waals surface area (Å²) in [5.74, 6) is -0.467. The highest BCUT2D eigenvalue weighted by molar-refractivity contribution is 5.99. The number of nitrogens with zero attached hydrogens (tertiary/aromatic N) is 1. The van der Waals surface area contributed by atoms with Crippen molar-refractivity contribution in [3.63, 3.8) is 0 Å². The Bertz CT molecular complexity index is 331. The largest absolute Gasteiger partial charge is 0.363 e. The number of rotatable bonds is 2. The van der Waals surface area contributed by atoms with Crippen molar-refractivity contribution in [2.45, 2.75) is 44.9 Å². The van der Waals surface area contributed by atoms with Crippen LogP contribution in [-0.2, 0) is 9.59 Å². The first-order valence-corrected chi connectivity index (χ1v) is 5.85. The Kier molecular flexibility index (Phi) is 2.66. The van der Waals surface area contributed by atoms with E-state index in [0.29, 0.717) is 19.4 Å². The molecule has 90 valence electrons. The molecule has 0 saturated carbocycles. The van der Waals surface area contributed by atoms with E-state index in [9.17, 15) is 14.7 Å². The fourth-order valence-corrected chi connectivity index (χ4v) is 2.44. The van der Waals surface area contributed by atoms with Gasteiger partial charge in [0, 0.05) is 13.0 Å². The molecular formula is C11H18N2O3. The molecule has 0 bridgehead atoms. The van der Waals surface area contributed by atoms with Gasteiger partial charge in [0.25, 0.3) is 5.91 Å². The van der Waals surface area contributed by atoms with Crippen molar-refractivity contribution in [1.82, 2.24) is 10.2 Å². The predicted octanol–water partition coefficient (Wildman–Crippen LogP) is -0.158. The second-order valence-corrected chi connectivity index (χ2v) is 4.75. The van der Waals surface area contributed by atoms with Crippen molar-refractivity contribution in [2.75, 3.05) is 6.54 Å². The summed E-state index contributed by atoms with van der Waals surface area (Å²) in [6.45, 7) is 4.40. The number of carbonyl (C=O) groups excluding carboxylic acids is 2. The monoisotopic (exact) mass is 226 g/mol. The smallest absolute Gasteiger partial charge is 0.274 e. The zero-order valence-corrected chi connectivity index (χ0v) is 9.69. The summed E-state index contributed by atoms with van der Waals surface area (Å²) >= 11 is 0. The highest BCUT2D eigenvalue weighted by Gasteiger charge is 2.54. The molecule has 0 aromatic carbocycles. The van der Waals surface area contributed by atoms with E-state index in [1.807, 2.05) is 13.8 Å². The van der Waals surface area contributed by atoms with Gasteiger partial charge in [-0.2, -0.15) is 0 Å². The van der Waals surface area contributed by atoms with Crippen LogP contribution < -0.4 is 5.32 Å². The van der Waals surface area contributed by atoms with Crippen LogP contribution in [0.25, 0.3) is 0 Å². The molecule has 2 aliphatic heterocycles. The summed E-state index contributed by atoms with van der Waals surface area (Å²) in [6, 6.07) is -0.476. The molecule has 0 aromatic heterocycles. The van der Waals surface area contributed by atoms with Crippen molar-refractivity contribution in [1.29, 1.82) is 0 Å². The zero-order chi connectivity index (χ0) is 11.9. The second kappa shape index (κ2) is 3.73. The number of aliphatic hydroxyl groups is 1. The van der Waals surface area contributed by atoms with Crippen LogP contribution >= 0.6 is 0 Å². The third-order valence-electron chi connectivity index (χ3n) is 3.75. The fraction of sp³-hybridized carbons (Fsp3) is 0.818. The van der Waals surface area contributed by atoms with E-state index >= 15 is 0 Å². The Labute approximate surface area is 94.8 Å². The minimum absolute atomic E-state index is 0.0987. The van der Waals surface area contributed by atoms with Crippen molar-refractivity contribution in [3.8, 4) is 0 Å². The number of carbonyl (C=O) groups is 2. The van der Waals surface area contributed by atoms with Gasteiger partial charge in [-0.1, -0.05) is 20.3 Å². The van der Waals surface area contributed by atoms with Gasteiger partial charge < -0.3 is 15.3 Å². The molecule has 2 aliphatic rings. The fourth-order valence-electron chi connectivity index (χ4n) is 2.44. The van der Waals surface area contributed by atoms with Crippen LogP contribution in [0.3, 0.4) is 0 Å². The molecule has 5 heteroatoms. The molecule has 0 aliphatic carbocycles. The average molecular weight is 226 g/mol. The van der Waals surface area contributed by atoms with Gasteiger partial charge in [0.1, 0.15) is 6.04 Å². The molecule has 3 atom stereocenters. The molecule has 2 heterocycles. The van der Waals surface area contributed by atoms with Crippen LogP contribution in [0.15, 0.2) is 0 Å². The average Bonchev–Trinajstić information content (AvgIpc) is 2.66. The molecule has 0 aromatic rings. The third-order valence-corrected chi connectivity index (χ3v) is 3.75. The van der Waals surface area contributed by atoms with E-state index in [0.717, 1.165) is 6.42 Å². The van der Waals surface area contributed by atoms with Gasteiger partial charge in [-0.05, 0) is 12.3 Å². The number of hydrogen-bond acceptors (Lipinski definition) is 3. The van der Waals surface area contributed by atoms with Gasteiger partial charge in [0.15, 0.2) is 0 Å². The van der Waals surface area contributed by atoms with E-state index in [-0.39, 0.29) is 11.8 Å². The van der Waals surface area contributed by atoms with E-state index in [4.69, 9.17) is 0 Å². The first-order valence-electron chi connectivity index (χ1n) is 5.85. The lowest BCUT2D eigenvalue weighted by Crippen LogP contribution is -2.69. The molecule has 2 saturated heterocycles. The third kappa shape index (κ3) is 1.42. The van der Waals surface area contributed by atoms with E-state index in [1.165, 1.54) is 4.90 Å². The van der Waals surface area contributed by atoms with Crippen LogP contribution in [0.5, 0.6) is 0 Å². The molecule has 2 rings (SSSR count). The van der Waals surface area contributed by atoms with Gasteiger partial charge in [-0.3, -0.25) is 9.59 Å². The van der Waals surface area contributed by atoms with Crippen LogP contribution in [0.1, 0.15) is 33.1 Å². The number of hydrogen-bond donors (Lipinski definition) is 2. The minimum atomic E-state index is -1.58. The molecule has 1 unspecified atom stereocenters. The zero-order valence-electron chi connectivity index (χ0n) is 9.69. The molecule has 0 radical (unpaired) electrons. The molecular weight excluding hydrogens is 208 g/mol. The van der Waals surface area contributed by atoms with Crippen LogP contribution in [-0.4, -0.2) is 40.1 Å². The van der Waals surface area contributed by atoms with Crippen molar-refractivity contribution in [3.05, 3.63) is 0 Å². The topological polar surface area (TPSA) is 69.6 Å². The number of amides is 2. The van der Waals surface area contributed by atoms with Gasteiger partial charge in [0.05, 0.1) is 0 Å². The summed E-state index contributed by atoms with van der Waals surface area (Å²) in [5, 5.41) is 12.8. The molecule has 2 N–H and O–H groups in total. The molecule has 16 heavy (non-hydrogen) atoms. The van der Waals surface area contributed by atoms with Crippen LogP contribution in [0.4, 0.5) is 0 Å². The molecule has 0 spiro atoms. The maximum absolute atomic E-state index is 12.1. The summed E-state index contributed by atoms with van der Waals surface area (Å²) in [6.07, 6.45) is 1.85. The Morgan fingerprint density at radius 1 is 1.62 bits per heavy atom. The maximum atomic E-state index is 12.1. The summed E-state index contributed by atoms with van der Waals surface area (Å²) in [5.41, 5.74) is -1.58. The van der Waals surface area contributed by atoms with E-state index < -0.39 is 17.7 Å². The lowest BCUT2D eigenvalue weighted by molar-refractivity contribution is -0.179. The van der Waals surface area contributed by atoms with Crippen molar-refractivity contribution < 1.29 is 14.7 Å². The SMILES string of the molecule is CCC(C)[C@@H]1NC(=O)[C@]2(O)CCCN2C1=O. The van der Waals surface area contributed by atoms with Gasteiger partial charge >= 0.3 is 0 Å². The Morgan fingerprint density at radius 2 is 2.31 bits per heavy atom. The quantitative estimate of drug-likeness (QED) is 0.687. The summed E-state index contributed by atoms with van der Waals surface area (Å²) < 4.78 is 0. The van der Waals surface area contributed by atoms with Crippen molar-refractivity contribution in [2.24, 2.45) is 5.92 Å². The highest BCUT2D eigenvalue weighted by Crippen LogP contribution is 2.32. The highest BCUT2D eigenvalue weighted by atomic mass is 16.3. The standard InChI is InChI=1S/C11H18N2O3/c1-3-7(2)8-9(14)13-6-4-5-11(13,16)10(15)12-8/h7-8,16H,3-6H2,1-2H3,(H,12,15)/t7?,8-,11+/m0/s1. The predicted molar refractivity (Wildman–Crippen MR) is 57.3 cm³/mol. The lowest BCUT2D eigenvalue weighted by atomic mass is 9.93. The van der Waals surface area contributed by atoms with E-state index in [2.05, 4.69) is 5.32 Å². The lowest BCUT2D eigenvalue weighted by Gasteiger charge is -2.41. The number of piperazine rings is 1.